The minimum atomic E-state index is -1.37. The van der Waals surface area contributed by atoms with Gasteiger partial charge in [-0.2, -0.15) is 0 Å². The quantitative estimate of drug-likeness (QED) is 0.891. The molecule has 0 saturated carbocycles. The molecule has 2 aromatic carbocycles. The predicted octanol–water partition coefficient (Wildman–Crippen LogP) is 3.23. The predicted molar refractivity (Wildman–Crippen MR) is 76.7 cm³/mol. The number of hydrogen-bond donors (Lipinski definition) is 2. The van der Waals surface area contributed by atoms with Crippen LogP contribution in [0.3, 0.4) is 0 Å². The molecular formula is C16H13F2NO3. The summed E-state index contributed by atoms with van der Waals surface area (Å²) in [6.45, 7) is 0. The van der Waals surface area contributed by atoms with Crippen molar-refractivity contribution in [1.82, 2.24) is 0 Å². The van der Waals surface area contributed by atoms with Gasteiger partial charge in [0.1, 0.15) is 11.6 Å². The highest BCUT2D eigenvalue weighted by Gasteiger charge is 2.11. The highest BCUT2D eigenvalue weighted by molar-refractivity contribution is 5.92. The van der Waals surface area contributed by atoms with Gasteiger partial charge in [0.15, 0.2) is 0 Å². The highest BCUT2D eigenvalue weighted by atomic mass is 19.1. The van der Waals surface area contributed by atoms with E-state index in [0.29, 0.717) is 6.42 Å². The molecule has 0 aromatic heterocycles. The first-order valence-electron chi connectivity index (χ1n) is 6.53. The zero-order valence-electron chi connectivity index (χ0n) is 11.5. The van der Waals surface area contributed by atoms with Crippen LogP contribution in [0.5, 0.6) is 0 Å². The highest BCUT2D eigenvalue weighted by Crippen LogP contribution is 2.15. The summed E-state index contributed by atoms with van der Waals surface area (Å²) in [5, 5.41) is 11.2. The maximum atomic E-state index is 13.5. The van der Waals surface area contributed by atoms with Crippen LogP contribution < -0.4 is 5.32 Å². The van der Waals surface area contributed by atoms with Gasteiger partial charge < -0.3 is 10.4 Å². The second-order valence-corrected chi connectivity index (χ2v) is 4.67. The van der Waals surface area contributed by atoms with Crippen LogP contribution in [0.25, 0.3) is 0 Å². The molecule has 0 bridgehead atoms. The summed E-state index contributed by atoms with van der Waals surface area (Å²) < 4.78 is 26.2. The van der Waals surface area contributed by atoms with Crippen LogP contribution >= 0.6 is 0 Å². The number of aromatic carboxylic acids is 1. The van der Waals surface area contributed by atoms with Gasteiger partial charge in [-0.15, -0.1) is 0 Å². The van der Waals surface area contributed by atoms with Gasteiger partial charge in [-0.3, -0.25) is 4.79 Å². The summed E-state index contributed by atoms with van der Waals surface area (Å²) in [4.78, 5) is 22.4. The molecule has 6 heteroatoms. The summed E-state index contributed by atoms with van der Waals surface area (Å²) in [6, 6.07) is 9.17. The number of halogens is 2. The maximum absolute atomic E-state index is 13.5. The summed E-state index contributed by atoms with van der Waals surface area (Å²) in [7, 11) is 0. The van der Waals surface area contributed by atoms with Crippen LogP contribution in [0.15, 0.2) is 42.5 Å². The van der Waals surface area contributed by atoms with Crippen molar-refractivity contribution in [1.29, 1.82) is 0 Å². The van der Waals surface area contributed by atoms with E-state index < -0.39 is 17.3 Å². The van der Waals surface area contributed by atoms with Crippen molar-refractivity contribution in [3.05, 3.63) is 65.2 Å². The third kappa shape index (κ3) is 4.12. The molecule has 4 nitrogen and oxygen atoms in total. The lowest BCUT2D eigenvalue weighted by molar-refractivity contribution is -0.116. The first-order chi connectivity index (χ1) is 10.5. The molecule has 2 N–H and O–H groups in total. The van der Waals surface area contributed by atoms with Crippen molar-refractivity contribution in [3.63, 3.8) is 0 Å². The molecule has 0 aliphatic rings. The number of rotatable bonds is 5. The van der Waals surface area contributed by atoms with Crippen LogP contribution in [0, 0.1) is 11.6 Å². The zero-order valence-corrected chi connectivity index (χ0v) is 11.5. The molecule has 0 atom stereocenters. The molecule has 2 aromatic rings. The molecule has 114 valence electrons. The van der Waals surface area contributed by atoms with Gasteiger partial charge >= 0.3 is 5.97 Å². The van der Waals surface area contributed by atoms with E-state index >= 15 is 0 Å². The molecule has 1 amide bonds. The standard InChI is InChI=1S/C16H13F2NO3/c17-11-4-1-10(2-5-11)3-8-15(20)19-12-6-7-13(16(21)22)14(18)9-12/h1-2,4-7,9H,3,8H2,(H,19,20)(H,21,22). The second kappa shape index (κ2) is 6.80. The third-order valence-corrected chi connectivity index (χ3v) is 3.04. The van der Waals surface area contributed by atoms with Crippen molar-refractivity contribution in [3.8, 4) is 0 Å². The van der Waals surface area contributed by atoms with E-state index in [1.807, 2.05) is 0 Å². The van der Waals surface area contributed by atoms with E-state index in [4.69, 9.17) is 5.11 Å². The second-order valence-electron chi connectivity index (χ2n) is 4.67. The van der Waals surface area contributed by atoms with Crippen molar-refractivity contribution in [2.45, 2.75) is 12.8 Å². The Morgan fingerprint density at radius 2 is 1.73 bits per heavy atom. The number of anilines is 1. The number of benzene rings is 2. The smallest absolute Gasteiger partial charge is 0.338 e. The van der Waals surface area contributed by atoms with Crippen molar-refractivity contribution < 1.29 is 23.5 Å². The lowest BCUT2D eigenvalue weighted by Crippen LogP contribution is -2.13. The zero-order chi connectivity index (χ0) is 16.1. The van der Waals surface area contributed by atoms with E-state index in [2.05, 4.69) is 5.32 Å². The van der Waals surface area contributed by atoms with Gasteiger partial charge in [-0.25, -0.2) is 13.6 Å². The van der Waals surface area contributed by atoms with Gasteiger partial charge in [0.2, 0.25) is 5.91 Å². The number of carbonyl (C=O) groups is 2. The van der Waals surface area contributed by atoms with Crippen LogP contribution in [-0.2, 0) is 11.2 Å². The number of carboxylic acids is 1. The fourth-order valence-corrected chi connectivity index (χ4v) is 1.90. The third-order valence-electron chi connectivity index (χ3n) is 3.04. The lowest BCUT2D eigenvalue weighted by atomic mass is 10.1. The number of hydrogen-bond acceptors (Lipinski definition) is 2. The largest absolute Gasteiger partial charge is 0.478 e. The van der Waals surface area contributed by atoms with Crippen molar-refractivity contribution in [2.75, 3.05) is 5.32 Å². The Morgan fingerprint density at radius 1 is 1.05 bits per heavy atom. The molecule has 0 heterocycles. The number of nitrogens with one attached hydrogen (secondary N) is 1. The van der Waals surface area contributed by atoms with Crippen LogP contribution in [-0.4, -0.2) is 17.0 Å². The number of carboxylic acid groups (broad SMARTS) is 1. The van der Waals surface area contributed by atoms with Gasteiger partial charge in [-0.1, -0.05) is 12.1 Å². The fraction of sp³-hybridized carbons (Fsp3) is 0.125. The minimum Gasteiger partial charge on any atom is -0.478 e. The average Bonchev–Trinajstić information content (AvgIpc) is 2.46. The molecule has 0 fully saturated rings. The lowest BCUT2D eigenvalue weighted by Gasteiger charge is -2.06. The molecule has 2 rings (SSSR count). The molecule has 0 unspecified atom stereocenters. The van der Waals surface area contributed by atoms with E-state index in [0.717, 1.165) is 17.7 Å². The van der Waals surface area contributed by atoms with Gasteiger partial charge in [0.05, 0.1) is 5.56 Å². The van der Waals surface area contributed by atoms with Crippen LogP contribution in [0.1, 0.15) is 22.3 Å². The topological polar surface area (TPSA) is 66.4 Å². The number of amides is 1. The Morgan fingerprint density at radius 3 is 2.32 bits per heavy atom. The molecule has 0 saturated heterocycles. The summed E-state index contributed by atoms with van der Waals surface area (Å²) in [6.07, 6.45) is 0.565. The SMILES string of the molecule is O=C(CCc1ccc(F)cc1)Nc1ccc(C(=O)O)c(F)c1. The Bertz CT molecular complexity index is 699. The van der Waals surface area contributed by atoms with E-state index in [1.54, 1.807) is 12.1 Å². The van der Waals surface area contributed by atoms with E-state index in [9.17, 15) is 18.4 Å². The minimum absolute atomic E-state index is 0.147. The Labute approximate surface area is 125 Å². The van der Waals surface area contributed by atoms with E-state index in [1.165, 1.54) is 18.2 Å². The Hall–Kier alpha value is -2.76. The molecule has 0 radical (unpaired) electrons. The van der Waals surface area contributed by atoms with Crippen LogP contribution in [0.4, 0.5) is 14.5 Å². The Balaban J connectivity index is 1.93. The monoisotopic (exact) mass is 305 g/mol. The van der Waals surface area contributed by atoms with Gasteiger partial charge in [0.25, 0.3) is 0 Å². The summed E-state index contributed by atoms with van der Waals surface area (Å²) in [5.41, 5.74) is 0.542. The first kappa shape index (κ1) is 15.6. The summed E-state index contributed by atoms with van der Waals surface area (Å²) in [5.74, 6) is -2.97. The summed E-state index contributed by atoms with van der Waals surface area (Å²) >= 11 is 0. The van der Waals surface area contributed by atoms with Crippen molar-refractivity contribution in [2.24, 2.45) is 0 Å². The Kier molecular flexibility index (Phi) is 4.83. The molecule has 0 aliphatic heterocycles. The molecule has 0 aliphatic carbocycles. The van der Waals surface area contributed by atoms with E-state index in [-0.39, 0.29) is 23.8 Å². The fourth-order valence-electron chi connectivity index (χ4n) is 1.90. The van der Waals surface area contributed by atoms with Crippen molar-refractivity contribution >= 4 is 17.6 Å². The molecule has 22 heavy (non-hydrogen) atoms. The molecular weight excluding hydrogens is 292 g/mol. The van der Waals surface area contributed by atoms with Gasteiger partial charge in [0, 0.05) is 12.1 Å². The molecule has 0 spiro atoms. The average molecular weight is 305 g/mol. The maximum Gasteiger partial charge on any atom is 0.338 e. The number of aryl methyl sites for hydroxylation is 1. The normalized spacial score (nSPS) is 10.3. The van der Waals surface area contributed by atoms with Crippen LogP contribution in [0.2, 0.25) is 0 Å². The van der Waals surface area contributed by atoms with Gasteiger partial charge in [-0.05, 0) is 42.3 Å². The first-order valence-corrected chi connectivity index (χ1v) is 6.53. The number of carbonyl (C=O) groups excluding carboxylic acids is 1.